The zero-order chi connectivity index (χ0) is 14.0. The lowest BCUT2D eigenvalue weighted by molar-refractivity contribution is 0.256. The number of anilines is 1. The zero-order valence-electron chi connectivity index (χ0n) is 12.9. The second kappa shape index (κ2) is 5.92. The Kier molecular flexibility index (Phi) is 4.47. The molecule has 1 unspecified atom stereocenters. The van der Waals surface area contributed by atoms with Crippen LogP contribution >= 0.6 is 0 Å². The molecule has 1 saturated heterocycles. The summed E-state index contributed by atoms with van der Waals surface area (Å²) in [5.74, 6) is 1.29. The summed E-state index contributed by atoms with van der Waals surface area (Å²) in [6, 6.07) is 0.645. The average Bonchev–Trinajstić information content (AvgIpc) is 2.65. The predicted octanol–water partition coefficient (Wildman–Crippen LogP) is 0.978. The Morgan fingerprint density at radius 2 is 2.16 bits per heavy atom. The Bertz CT molecular complexity index is 424. The molecule has 0 aromatic carbocycles. The van der Waals surface area contributed by atoms with Crippen LogP contribution in [-0.2, 0) is 13.6 Å². The van der Waals surface area contributed by atoms with Crippen molar-refractivity contribution >= 4 is 5.82 Å². The van der Waals surface area contributed by atoms with E-state index < -0.39 is 0 Å². The smallest absolute Gasteiger partial charge is 0.131 e. The van der Waals surface area contributed by atoms with Crippen molar-refractivity contribution in [3.8, 4) is 0 Å². The Balaban J connectivity index is 2.25. The van der Waals surface area contributed by atoms with Crippen molar-refractivity contribution in [3.05, 3.63) is 11.3 Å². The molecule has 5 nitrogen and oxygen atoms in total. The summed E-state index contributed by atoms with van der Waals surface area (Å²) in [4.78, 5) is 4.84. The molecule has 0 radical (unpaired) electrons. The highest BCUT2D eigenvalue weighted by Crippen LogP contribution is 2.27. The summed E-state index contributed by atoms with van der Waals surface area (Å²) in [5.41, 5.74) is 2.48. The van der Waals surface area contributed by atoms with Crippen LogP contribution in [0.3, 0.4) is 0 Å². The lowest BCUT2D eigenvalue weighted by atomic mass is 10.0. The molecule has 1 aromatic rings. The van der Waals surface area contributed by atoms with Gasteiger partial charge in [-0.15, -0.1) is 0 Å². The van der Waals surface area contributed by atoms with Crippen molar-refractivity contribution in [1.82, 2.24) is 20.0 Å². The monoisotopic (exact) mass is 265 g/mol. The van der Waals surface area contributed by atoms with Gasteiger partial charge in [0.25, 0.3) is 0 Å². The van der Waals surface area contributed by atoms with Gasteiger partial charge in [-0.1, -0.05) is 0 Å². The molecule has 1 aromatic heterocycles. The first-order valence-electron chi connectivity index (χ1n) is 7.13. The number of likely N-dealkylation sites (N-methyl/N-ethyl adjacent to an activating group) is 1. The van der Waals surface area contributed by atoms with Gasteiger partial charge in [0.1, 0.15) is 5.82 Å². The molecule has 1 aliphatic rings. The molecule has 2 rings (SSSR count). The van der Waals surface area contributed by atoms with Gasteiger partial charge in [-0.05, 0) is 40.9 Å². The second-order valence-corrected chi connectivity index (χ2v) is 5.75. The fraction of sp³-hybridized carbons (Fsp3) is 0.786. The fourth-order valence-electron chi connectivity index (χ4n) is 3.04. The van der Waals surface area contributed by atoms with E-state index in [0.717, 1.165) is 25.3 Å². The maximum absolute atomic E-state index is 4.60. The minimum atomic E-state index is 0.645. The lowest BCUT2D eigenvalue weighted by Crippen LogP contribution is -2.46. The Morgan fingerprint density at radius 1 is 1.42 bits per heavy atom. The van der Waals surface area contributed by atoms with E-state index in [2.05, 4.69) is 48.3 Å². The van der Waals surface area contributed by atoms with Gasteiger partial charge in [-0.2, -0.15) is 5.10 Å². The molecular weight excluding hydrogens is 238 g/mol. The van der Waals surface area contributed by atoms with Gasteiger partial charge < -0.3 is 15.1 Å². The highest BCUT2D eigenvalue weighted by molar-refractivity contribution is 5.50. The molecule has 0 bridgehead atoms. The van der Waals surface area contributed by atoms with Crippen molar-refractivity contribution in [3.63, 3.8) is 0 Å². The minimum Gasteiger partial charge on any atom is -0.355 e. The number of piperidine rings is 1. The first-order valence-corrected chi connectivity index (χ1v) is 7.13. The third-order valence-corrected chi connectivity index (χ3v) is 4.09. The molecular formula is C14H27N5. The van der Waals surface area contributed by atoms with Gasteiger partial charge in [0, 0.05) is 38.3 Å². The SMILES string of the molecule is CNCc1c(C)nn(C)c1N1CCCC(N(C)C)C1. The first kappa shape index (κ1) is 14.3. The van der Waals surface area contributed by atoms with Crippen molar-refractivity contribution in [2.45, 2.75) is 32.4 Å². The van der Waals surface area contributed by atoms with Crippen molar-refractivity contribution < 1.29 is 0 Å². The van der Waals surface area contributed by atoms with E-state index in [1.807, 2.05) is 11.7 Å². The van der Waals surface area contributed by atoms with E-state index in [-0.39, 0.29) is 0 Å². The first-order chi connectivity index (χ1) is 9.04. The van der Waals surface area contributed by atoms with Crippen LogP contribution in [0.4, 0.5) is 5.82 Å². The number of aryl methyl sites for hydroxylation is 2. The number of aromatic nitrogens is 2. The fourth-order valence-corrected chi connectivity index (χ4v) is 3.04. The van der Waals surface area contributed by atoms with E-state index in [1.165, 1.54) is 24.2 Å². The normalized spacial score (nSPS) is 20.3. The summed E-state index contributed by atoms with van der Waals surface area (Å²) in [6.07, 6.45) is 2.55. The van der Waals surface area contributed by atoms with Gasteiger partial charge in [0.05, 0.1) is 5.69 Å². The standard InChI is InChI=1S/C14H27N5/c1-11-13(9-15-2)14(18(5)16-11)19-8-6-7-12(10-19)17(3)4/h12,15H,6-10H2,1-5H3. The van der Waals surface area contributed by atoms with Crippen LogP contribution in [0.25, 0.3) is 0 Å². The Labute approximate surface area is 116 Å². The van der Waals surface area contributed by atoms with Crippen LogP contribution in [0, 0.1) is 6.92 Å². The van der Waals surface area contributed by atoms with E-state index in [1.54, 1.807) is 0 Å². The average molecular weight is 265 g/mol. The number of rotatable bonds is 4. The highest BCUT2D eigenvalue weighted by atomic mass is 15.4. The van der Waals surface area contributed by atoms with E-state index in [4.69, 9.17) is 0 Å². The van der Waals surface area contributed by atoms with E-state index in [0.29, 0.717) is 6.04 Å². The number of hydrogen-bond acceptors (Lipinski definition) is 4. The molecule has 0 aliphatic carbocycles. The molecule has 5 heteroatoms. The van der Waals surface area contributed by atoms with Crippen molar-refractivity contribution in [2.24, 2.45) is 7.05 Å². The van der Waals surface area contributed by atoms with Gasteiger partial charge in [0.15, 0.2) is 0 Å². The Morgan fingerprint density at radius 3 is 2.79 bits per heavy atom. The van der Waals surface area contributed by atoms with Crippen LogP contribution in [0.15, 0.2) is 0 Å². The van der Waals surface area contributed by atoms with Crippen LogP contribution < -0.4 is 10.2 Å². The maximum Gasteiger partial charge on any atom is 0.131 e. The molecule has 0 spiro atoms. The molecule has 1 fully saturated rings. The van der Waals surface area contributed by atoms with E-state index in [9.17, 15) is 0 Å². The van der Waals surface area contributed by atoms with Crippen molar-refractivity contribution in [2.75, 3.05) is 39.1 Å². The Hall–Kier alpha value is -1.07. The molecule has 2 heterocycles. The third kappa shape index (κ3) is 2.92. The molecule has 1 aliphatic heterocycles. The molecule has 0 amide bonds. The summed E-state index contributed by atoms with van der Waals surface area (Å²) in [7, 11) is 8.41. The van der Waals surface area contributed by atoms with Crippen LogP contribution in [-0.4, -0.2) is 55.0 Å². The largest absolute Gasteiger partial charge is 0.355 e. The lowest BCUT2D eigenvalue weighted by Gasteiger charge is -2.37. The molecule has 1 N–H and O–H groups in total. The van der Waals surface area contributed by atoms with Gasteiger partial charge in [0.2, 0.25) is 0 Å². The van der Waals surface area contributed by atoms with Gasteiger partial charge >= 0.3 is 0 Å². The summed E-state index contributed by atoms with van der Waals surface area (Å²) < 4.78 is 2.04. The summed E-state index contributed by atoms with van der Waals surface area (Å²) in [6.45, 7) is 5.23. The highest BCUT2D eigenvalue weighted by Gasteiger charge is 2.26. The number of hydrogen-bond donors (Lipinski definition) is 1. The van der Waals surface area contributed by atoms with Gasteiger partial charge in [-0.25, -0.2) is 0 Å². The third-order valence-electron chi connectivity index (χ3n) is 4.09. The number of nitrogens with zero attached hydrogens (tertiary/aromatic N) is 4. The molecule has 108 valence electrons. The minimum absolute atomic E-state index is 0.645. The quantitative estimate of drug-likeness (QED) is 0.880. The van der Waals surface area contributed by atoms with Crippen LogP contribution in [0.2, 0.25) is 0 Å². The van der Waals surface area contributed by atoms with Crippen molar-refractivity contribution in [1.29, 1.82) is 0 Å². The summed E-state index contributed by atoms with van der Waals surface area (Å²) in [5, 5.41) is 7.86. The molecule has 0 saturated carbocycles. The van der Waals surface area contributed by atoms with E-state index >= 15 is 0 Å². The van der Waals surface area contributed by atoms with Crippen LogP contribution in [0.1, 0.15) is 24.1 Å². The van der Waals surface area contributed by atoms with Crippen LogP contribution in [0.5, 0.6) is 0 Å². The summed E-state index contributed by atoms with van der Waals surface area (Å²) >= 11 is 0. The topological polar surface area (TPSA) is 36.3 Å². The number of nitrogens with one attached hydrogen (secondary N) is 1. The molecule has 1 atom stereocenters. The maximum atomic E-state index is 4.60. The second-order valence-electron chi connectivity index (χ2n) is 5.75. The van der Waals surface area contributed by atoms with Gasteiger partial charge in [-0.3, -0.25) is 4.68 Å². The predicted molar refractivity (Wildman–Crippen MR) is 79.6 cm³/mol. The zero-order valence-corrected chi connectivity index (χ0v) is 12.9. The molecule has 19 heavy (non-hydrogen) atoms.